The van der Waals surface area contributed by atoms with E-state index in [0.717, 1.165) is 4.47 Å². The molecule has 1 heterocycles. The Kier molecular flexibility index (Phi) is 5.93. The first-order chi connectivity index (χ1) is 13.8. The second-order valence-electron chi connectivity index (χ2n) is 6.17. The molecule has 2 aromatic carbocycles. The molecule has 0 aromatic heterocycles. The molecule has 1 aliphatic rings. The molecule has 0 radical (unpaired) electrons. The number of anilines is 1. The highest BCUT2D eigenvalue weighted by Gasteiger charge is 2.38. The zero-order valence-corrected chi connectivity index (χ0v) is 17.3. The molecule has 0 unspecified atom stereocenters. The van der Waals surface area contributed by atoms with Crippen LogP contribution >= 0.6 is 15.9 Å². The van der Waals surface area contributed by atoms with Gasteiger partial charge in [-0.15, -0.1) is 0 Å². The predicted octanol–water partition coefficient (Wildman–Crippen LogP) is 4.62. The summed E-state index contributed by atoms with van der Waals surface area (Å²) in [6, 6.07) is 13.1. The van der Waals surface area contributed by atoms with Crippen molar-refractivity contribution >= 4 is 45.3 Å². The SMILES string of the molecule is CCOC(=O)C1=C(C)N(c2ccc(Br)cc2)C(=O)/C1=C\c1ccccc1[N+](=O)[O-]. The molecule has 3 rings (SSSR count). The van der Waals surface area contributed by atoms with Crippen molar-refractivity contribution < 1.29 is 19.2 Å². The monoisotopic (exact) mass is 456 g/mol. The van der Waals surface area contributed by atoms with Crippen LogP contribution in [0.3, 0.4) is 0 Å². The first-order valence-electron chi connectivity index (χ1n) is 8.78. The first-order valence-corrected chi connectivity index (χ1v) is 9.58. The maximum absolute atomic E-state index is 13.2. The third-order valence-electron chi connectivity index (χ3n) is 4.40. The van der Waals surface area contributed by atoms with Crippen LogP contribution in [-0.4, -0.2) is 23.4 Å². The van der Waals surface area contributed by atoms with E-state index in [4.69, 9.17) is 4.74 Å². The molecular weight excluding hydrogens is 440 g/mol. The van der Waals surface area contributed by atoms with Gasteiger partial charge in [-0.25, -0.2) is 4.79 Å². The second kappa shape index (κ2) is 8.40. The molecule has 0 atom stereocenters. The van der Waals surface area contributed by atoms with Gasteiger partial charge in [-0.3, -0.25) is 19.8 Å². The van der Waals surface area contributed by atoms with Crippen molar-refractivity contribution in [3.63, 3.8) is 0 Å². The number of hydrogen-bond acceptors (Lipinski definition) is 5. The summed E-state index contributed by atoms with van der Waals surface area (Å²) in [4.78, 5) is 38.1. The van der Waals surface area contributed by atoms with E-state index >= 15 is 0 Å². The van der Waals surface area contributed by atoms with E-state index in [1.54, 1.807) is 44.2 Å². The molecule has 1 aliphatic heterocycles. The minimum atomic E-state index is -0.650. The zero-order valence-electron chi connectivity index (χ0n) is 15.7. The molecule has 7 nitrogen and oxygen atoms in total. The Morgan fingerprint density at radius 2 is 1.86 bits per heavy atom. The predicted molar refractivity (Wildman–Crippen MR) is 112 cm³/mol. The van der Waals surface area contributed by atoms with Crippen LogP contribution in [0.25, 0.3) is 6.08 Å². The smallest absolute Gasteiger partial charge is 0.340 e. The number of benzene rings is 2. The fraction of sp³-hybridized carbons (Fsp3) is 0.143. The summed E-state index contributed by atoms with van der Waals surface area (Å²) < 4.78 is 5.98. The molecule has 0 spiro atoms. The van der Waals surface area contributed by atoms with Crippen LogP contribution in [0.4, 0.5) is 11.4 Å². The van der Waals surface area contributed by atoms with Gasteiger partial charge in [0.1, 0.15) is 0 Å². The number of halogens is 1. The van der Waals surface area contributed by atoms with E-state index in [1.165, 1.54) is 29.2 Å². The summed E-state index contributed by atoms with van der Waals surface area (Å²) in [5.41, 5.74) is 1.20. The Morgan fingerprint density at radius 1 is 1.21 bits per heavy atom. The molecule has 0 saturated carbocycles. The third kappa shape index (κ3) is 3.97. The minimum absolute atomic E-state index is 0.0539. The van der Waals surface area contributed by atoms with Crippen molar-refractivity contribution in [3.8, 4) is 0 Å². The van der Waals surface area contributed by atoms with Crippen molar-refractivity contribution in [1.82, 2.24) is 0 Å². The highest BCUT2D eigenvalue weighted by Crippen LogP contribution is 2.36. The fourth-order valence-corrected chi connectivity index (χ4v) is 3.38. The van der Waals surface area contributed by atoms with Gasteiger partial charge in [-0.2, -0.15) is 0 Å². The van der Waals surface area contributed by atoms with Crippen molar-refractivity contribution in [2.45, 2.75) is 13.8 Å². The van der Waals surface area contributed by atoms with Crippen LogP contribution in [0.15, 0.2) is 69.8 Å². The lowest BCUT2D eigenvalue weighted by Crippen LogP contribution is -2.24. The Labute approximate surface area is 175 Å². The maximum Gasteiger partial charge on any atom is 0.340 e. The maximum atomic E-state index is 13.2. The van der Waals surface area contributed by atoms with Crippen molar-refractivity contribution in [2.75, 3.05) is 11.5 Å². The molecule has 0 saturated heterocycles. The summed E-state index contributed by atoms with van der Waals surface area (Å²) in [7, 11) is 0. The molecule has 2 aromatic rings. The van der Waals surface area contributed by atoms with Crippen LogP contribution in [0.5, 0.6) is 0 Å². The lowest BCUT2D eigenvalue weighted by molar-refractivity contribution is -0.385. The molecule has 0 aliphatic carbocycles. The number of ether oxygens (including phenoxy) is 1. The number of rotatable bonds is 5. The summed E-state index contributed by atoms with van der Waals surface area (Å²) >= 11 is 3.35. The number of para-hydroxylation sites is 1. The number of allylic oxidation sites excluding steroid dienone is 1. The van der Waals surface area contributed by atoms with E-state index in [0.29, 0.717) is 11.4 Å². The number of nitrogens with zero attached hydrogens (tertiary/aromatic N) is 2. The number of carbonyl (C=O) groups is 2. The van der Waals surface area contributed by atoms with Gasteiger partial charge < -0.3 is 4.74 Å². The highest BCUT2D eigenvalue weighted by molar-refractivity contribution is 9.10. The molecule has 1 amide bonds. The molecule has 0 bridgehead atoms. The number of nitro groups is 1. The Hall–Kier alpha value is -3.26. The van der Waals surface area contributed by atoms with Gasteiger partial charge in [0.25, 0.3) is 11.6 Å². The summed E-state index contributed by atoms with van der Waals surface area (Å²) in [5.74, 6) is -1.10. The molecule has 8 heteroatoms. The van der Waals surface area contributed by atoms with Gasteiger partial charge in [0.2, 0.25) is 0 Å². The molecule has 0 fully saturated rings. The highest BCUT2D eigenvalue weighted by atomic mass is 79.9. The topological polar surface area (TPSA) is 89.8 Å². The van der Waals surface area contributed by atoms with E-state index in [9.17, 15) is 19.7 Å². The van der Waals surface area contributed by atoms with Gasteiger partial charge in [-0.1, -0.05) is 28.1 Å². The zero-order chi connectivity index (χ0) is 21.1. The Bertz CT molecular complexity index is 1060. The minimum Gasteiger partial charge on any atom is -0.462 e. The van der Waals surface area contributed by atoms with Crippen LogP contribution in [0, 0.1) is 10.1 Å². The van der Waals surface area contributed by atoms with Gasteiger partial charge in [0.15, 0.2) is 0 Å². The summed E-state index contributed by atoms with van der Waals surface area (Å²) in [6.07, 6.45) is 1.37. The van der Waals surface area contributed by atoms with E-state index in [2.05, 4.69) is 15.9 Å². The van der Waals surface area contributed by atoms with Crippen LogP contribution < -0.4 is 4.90 Å². The third-order valence-corrected chi connectivity index (χ3v) is 4.93. The number of amides is 1. The van der Waals surface area contributed by atoms with Gasteiger partial charge >= 0.3 is 5.97 Å². The second-order valence-corrected chi connectivity index (χ2v) is 7.09. The fourth-order valence-electron chi connectivity index (χ4n) is 3.11. The Balaban J connectivity index is 2.17. The standard InChI is InChI=1S/C21H17BrN2O5/c1-3-29-21(26)19-13(2)23(16-10-8-15(22)9-11-16)20(25)17(19)12-14-6-4-5-7-18(14)24(27)28/h4-12H,3H2,1-2H3/b17-12-. The average Bonchev–Trinajstić information content (AvgIpc) is 2.93. The molecule has 0 N–H and O–H groups in total. The summed E-state index contributed by atoms with van der Waals surface area (Å²) in [6.45, 7) is 3.45. The van der Waals surface area contributed by atoms with E-state index < -0.39 is 16.8 Å². The summed E-state index contributed by atoms with van der Waals surface area (Å²) in [5, 5.41) is 11.3. The molecule has 29 heavy (non-hydrogen) atoms. The van der Waals surface area contributed by atoms with Gasteiger partial charge in [0.05, 0.1) is 28.2 Å². The Morgan fingerprint density at radius 3 is 2.48 bits per heavy atom. The van der Waals surface area contributed by atoms with Crippen LogP contribution in [0.1, 0.15) is 19.4 Å². The van der Waals surface area contributed by atoms with Crippen LogP contribution in [-0.2, 0) is 14.3 Å². The number of hydrogen-bond donors (Lipinski definition) is 0. The van der Waals surface area contributed by atoms with E-state index in [-0.39, 0.29) is 29.0 Å². The van der Waals surface area contributed by atoms with Gasteiger partial charge in [0, 0.05) is 21.9 Å². The lowest BCUT2D eigenvalue weighted by atomic mass is 10.0. The average molecular weight is 457 g/mol. The molecular formula is C21H17BrN2O5. The van der Waals surface area contributed by atoms with Crippen LogP contribution in [0.2, 0.25) is 0 Å². The largest absolute Gasteiger partial charge is 0.462 e. The van der Waals surface area contributed by atoms with Crippen molar-refractivity contribution in [2.24, 2.45) is 0 Å². The number of nitro benzene ring substituents is 1. The number of carbonyl (C=O) groups excluding carboxylic acids is 2. The van der Waals surface area contributed by atoms with Crippen molar-refractivity contribution in [1.29, 1.82) is 0 Å². The lowest BCUT2D eigenvalue weighted by Gasteiger charge is -2.18. The normalized spacial score (nSPS) is 15.2. The molecule has 148 valence electrons. The van der Waals surface area contributed by atoms with E-state index in [1.807, 2.05) is 0 Å². The quantitative estimate of drug-likeness (QED) is 0.283. The number of esters is 1. The van der Waals surface area contributed by atoms with Gasteiger partial charge in [-0.05, 0) is 50.3 Å². The van der Waals surface area contributed by atoms with Crippen molar-refractivity contribution in [3.05, 3.63) is 85.5 Å². The first kappa shape index (κ1) is 20.5.